The maximum Gasteiger partial charge on any atom is 0.402 e. The zero-order chi connectivity index (χ0) is 26.8. The highest BCUT2D eigenvalue weighted by molar-refractivity contribution is 5.85. The van der Waals surface area contributed by atoms with Crippen LogP contribution in [0.15, 0.2) is 67.0 Å². The summed E-state index contributed by atoms with van der Waals surface area (Å²) < 4.78 is 51.4. The normalized spacial score (nSPS) is 25.0. The van der Waals surface area contributed by atoms with Crippen LogP contribution in [0.4, 0.5) is 19.0 Å². The van der Waals surface area contributed by atoms with Gasteiger partial charge in [-0.2, -0.15) is 13.2 Å². The second-order valence-electron chi connectivity index (χ2n) is 10.8. The molecule has 4 aromatic rings. The van der Waals surface area contributed by atoms with Crippen LogP contribution < -0.4 is 5.73 Å². The Hall–Kier alpha value is -3.43. The molecule has 1 saturated carbocycles. The summed E-state index contributed by atoms with van der Waals surface area (Å²) in [6.07, 6.45) is 2.04. The summed E-state index contributed by atoms with van der Waals surface area (Å²) in [6.45, 7) is 1.65. The number of fused-ring (bicyclic) bond motifs is 4. The summed E-state index contributed by atoms with van der Waals surface area (Å²) in [5.74, 6) is 1.10. The number of nitrogen functional groups attached to an aromatic ring is 1. The smallest absolute Gasteiger partial charge is 0.393 e. The van der Waals surface area contributed by atoms with Crippen LogP contribution in [0.3, 0.4) is 0 Å². The van der Waals surface area contributed by atoms with Gasteiger partial charge >= 0.3 is 6.18 Å². The van der Waals surface area contributed by atoms with Gasteiger partial charge in [0.15, 0.2) is 0 Å². The van der Waals surface area contributed by atoms with Crippen molar-refractivity contribution in [1.82, 2.24) is 14.4 Å². The summed E-state index contributed by atoms with van der Waals surface area (Å²) in [7, 11) is 0. The molecule has 3 aliphatic rings. The Labute approximate surface area is 218 Å². The Balaban J connectivity index is 1.45. The second-order valence-corrected chi connectivity index (χ2v) is 10.8. The van der Waals surface area contributed by atoms with E-state index in [9.17, 15) is 18.3 Å². The Morgan fingerprint density at radius 2 is 1.66 bits per heavy atom. The van der Waals surface area contributed by atoms with E-state index >= 15 is 0 Å². The van der Waals surface area contributed by atoms with Crippen molar-refractivity contribution in [1.29, 1.82) is 0 Å². The molecule has 3 fully saturated rings. The number of alkyl halides is 3. The number of imidazole rings is 1. The van der Waals surface area contributed by atoms with E-state index < -0.39 is 17.2 Å². The third kappa shape index (κ3) is 3.55. The molecule has 1 unspecified atom stereocenters. The number of ether oxygens (including phenoxy) is 1. The van der Waals surface area contributed by atoms with Crippen LogP contribution in [-0.4, -0.2) is 44.5 Å². The molecule has 2 aromatic carbocycles. The molecule has 0 radical (unpaired) electrons. The molecule has 6 nitrogen and oxygen atoms in total. The highest BCUT2D eigenvalue weighted by Crippen LogP contribution is 2.51. The predicted octanol–water partition coefficient (Wildman–Crippen LogP) is 5.42. The SMILES string of the molecule is CC(c1ccccc1)(c1ccc(-c2nc(C34CCC(CO)(CC3)OC4)n3ccnc(N)c23)cc1)C(F)(F)F. The number of aliphatic hydroxyl groups excluding tert-OH is 1. The van der Waals surface area contributed by atoms with E-state index in [0.29, 0.717) is 29.2 Å². The van der Waals surface area contributed by atoms with Crippen molar-refractivity contribution >= 4 is 11.3 Å². The molecule has 9 heteroatoms. The van der Waals surface area contributed by atoms with Gasteiger partial charge in [0.25, 0.3) is 0 Å². The van der Waals surface area contributed by atoms with Crippen LogP contribution >= 0.6 is 0 Å². The lowest BCUT2D eigenvalue weighted by molar-refractivity contribution is -0.177. The first kappa shape index (κ1) is 24.9. The minimum Gasteiger partial charge on any atom is -0.393 e. The van der Waals surface area contributed by atoms with E-state index in [1.165, 1.54) is 31.2 Å². The molecule has 38 heavy (non-hydrogen) atoms. The van der Waals surface area contributed by atoms with Crippen molar-refractivity contribution in [3.8, 4) is 11.3 Å². The fraction of sp³-hybridized carbons (Fsp3) is 0.379. The van der Waals surface area contributed by atoms with Gasteiger partial charge < -0.3 is 15.6 Å². The number of nitrogens with two attached hydrogens (primary N) is 1. The standard InChI is InChI=1S/C29H29F3N4O2/c1-26(29(30,31)32,20-5-3-2-4-6-20)21-9-7-19(8-10-21)22-23-24(33)34-15-16-36(23)25(35-22)27-11-13-28(17-37,14-12-27)38-18-27/h2-10,15-16,37H,11-14,17-18H2,1H3,(H2,33,34). The number of hydrogen-bond acceptors (Lipinski definition) is 5. The number of benzene rings is 2. The van der Waals surface area contributed by atoms with E-state index in [-0.39, 0.29) is 23.1 Å². The number of hydrogen-bond donors (Lipinski definition) is 2. The number of aromatic nitrogens is 3. The first-order valence-electron chi connectivity index (χ1n) is 12.7. The molecule has 0 amide bonds. The number of halogens is 3. The Morgan fingerprint density at radius 1 is 1.00 bits per heavy atom. The molecule has 7 rings (SSSR count). The lowest BCUT2D eigenvalue weighted by Gasteiger charge is -2.51. The van der Waals surface area contributed by atoms with Crippen molar-refractivity contribution in [2.75, 3.05) is 18.9 Å². The maximum absolute atomic E-state index is 14.4. The van der Waals surface area contributed by atoms with Gasteiger partial charge in [-0.15, -0.1) is 0 Å². The minimum absolute atomic E-state index is 0.000293. The molecule has 4 heterocycles. The summed E-state index contributed by atoms with van der Waals surface area (Å²) in [4.78, 5) is 9.30. The van der Waals surface area contributed by atoms with Gasteiger partial charge in [-0.1, -0.05) is 54.6 Å². The lowest BCUT2D eigenvalue weighted by Crippen LogP contribution is -2.55. The molecule has 1 atom stereocenters. The predicted molar refractivity (Wildman–Crippen MR) is 138 cm³/mol. The van der Waals surface area contributed by atoms with Crippen molar-refractivity contribution in [3.05, 3.63) is 83.9 Å². The summed E-state index contributed by atoms with van der Waals surface area (Å²) in [5, 5.41) is 9.84. The van der Waals surface area contributed by atoms with Gasteiger partial charge in [0.05, 0.1) is 24.2 Å². The summed E-state index contributed by atoms with van der Waals surface area (Å²) in [6, 6.07) is 14.3. The molecule has 0 spiro atoms. The number of nitrogens with zero attached hydrogens (tertiary/aromatic N) is 3. The van der Waals surface area contributed by atoms with Crippen LogP contribution in [-0.2, 0) is 15.6 Å². The molecular formula is C29H29F3N4O2. The Bertz CT molecular complexity index is 1460. The largest absolute Gasteiger partial charge is 0.402 e. The maximum atomic E-state index is 14.4. The minimum atomic E-state index is -4.50. The van der Waals surface area contributed by atoms with Gasteiger partial charge in [-0.25, -0.2) is 9.97 Å². The number of anilines is 1. The monoisotopic (exact) mass is 522 g/mol. The average molecular weight is 523 g/mol. The van der Waals surface area contributed by atoms with E-state index in [1.807, 2.05) is 10.6 Å². The zero-order valence-corrected chi connectivity index (χ0v) is 21.0. The Morgan fingerprint density at radius 3 is 2.24 bits per heavy atom. The molecular weight excluding hydrogens is 493 g/mol. The summed E-state index contributed by atoms with van der Waals surface area (Å²) in [5.41, 5.74) is 5.50. The van der Waals surface area contributed by atoms with E-state index in [4.69, 9.17) is 15.5 Å². The van der Waals surface area contributed by atoms with Gasteiger partial charge in [0, 0.05) is 18.0 Å². The zero-order valence-electron chi connectivity index (χ0n) is 21.0. The Kier molecular flexibility index (Phi) is 5.59. The topological polar surface area (TPSA) is 85.7 Å². The van der Waals surface area contributed by atoms with Gasteiger partial charge in [0.1, 0.15) is 28.3 Å². The van der Waals surface area contributed by atoms with Crippen LogP contribution in [0, 0.1) is 0 Å². The van der Waals surface area contributed by atoms with E-state index in [1.54, 1.807) is 36.5 Å². The summed E-state index contributed by atoms with van der Waals surface area (Å²) >= 11 is 0. The van der Waals surface area contributed by atoms with Crippen molar-refractivity contribution < 1.29 is 23.0 Å². The van der Waals surface area contributed by atoms with Gasteiger partial charge in [-0.05, 0) is 43.7 Å². The molecule has 2 saturated heterocycles. The average Bonchev–Trinajstić information content (AvgIpc) is 3.35. The van der Waals surface area contributed by atoms with Crippen LogP contribution in [0.25, 0.3) is 16.8 Å². The van der Waals surface area contributed by atoms with Crippen molar-refractivity contribution in [2.24, 2.45) is 0 Å². The highest BCUT2D eigenvalue weighted by atomic mass is 19.4. The van der Waals surface area contributed by atoms with Crippen LogP contribution in [0.1, 0.15) is 49.6 Å². The van der Waals surface area contributed by atoms with E-state index in [0.717, 1.165) is 31.5 Å². The fourth-order valence-corrected chi connectivity index (χ4v) is 6.12. The molecule has 198 valence electrons. The van der Waals surface area contributed by atoms with Gasteiger partial charge in [-0.3, -0.25) is 4.40 Å². The fourth-order valence-electron chi connectivity index (χ4n) is 6.12. The van der Waals surface area contributed by atoms with Gasteiger partial charge in [0.2, 0.25) is 0 Å². The third-order valence-corrected chi connectivity index (χ3v) is 8.77. The molecule has 2 aromatic heterocycles. The number of aliphatic hydroxyl groups is 1. The first-order valence-corrected chi connectivity index (χ1v) is 12.7. The lowest BCUT2D eigenvalue weighted by atomic mass is 9.66. The molecule has 2 bridgehead atoms. The van der Waals surface area contributed by atoms with Crippen molar-refractivity contribution in [2.45, 2.75) is 55.2 Å². The van der Waals surface area contributed by atoms with Crippen LogP contribution in [0.5, 0.6) is 0 Å². The molecule has 1 aliphatic carbocycles. The first-order chi connectivity index (χ1) is 18.1. The van der Waals surface area contributed by atoms with Crippen LogP contribution in [0.2, 0.25) is 0 Å². The third-order valence-electron chi connectivity index (χ3n) is 8.77. The highest BCUT2D eigenvalue weighted by Gasteiger charge is 2.54. The second kappa shape index (κ2) is 8.54. The van der Waals surface area contributed by atoms with Crippen molar-refractivity contribution in [3.63, 3.8) is 0 Å². The molecule has 2 aliphatic heterocycles. The number of rotatable bonds is 5. The quantitative estimate of drug-likeness (QED) is 0.366. The van der Waals surface area contributed by atoms with E-state index in [2.05, 4.69) is 4.98 Å². The molecule has 3 N–H and O–H groups in total.